The average molecular weight is 461 g/mol. The molecule has 0 aliphatic carbocycles. The third kappa shape index (κ3) is 4.46. The van der Waals surface area contributed by atoms with Crippen molar-refractivity contribution in [2.24, 2.45) is 7.05 Å². The highest BCUT2D eigenvalue weighted by Crippen LogP contribution is 2.30. The van der Waals surface area contributed by atoms with Crippen molar-refractivity contribution < 1.29 is 4.79 Å². The van der Waals surface area contributed by atoms with Gasteiger partial charge in [0.2, 0.25) is 5.91 Å². The Morgan fingerprint density at radius 3 is 2.36 bits per heavy atom. The molecule has 0 bridgehead atoms. The van der Waals surface area contributed by atoms with Gasteiger partial charge in [-0.05, 0) is 44.4 Å². The molecule has 0 aliphatic heterocycles. The molecule has 7 heteroatoms. The number of aryl methyl sites for hydroxylation is 3. The maximum Gasteiger partial charge on any atom is 0.278 e. The van der Waals surface area contributed by atoms with Crippen LogP contribution in [0.5, 0.6) is 0 Å². The van der Waals surface area contributed by atoms with Gasteiger partial charge in [0.05, 0.1) is 5.75 Å². The van der Waals surface area contributed by atoms with Crippen LogP contribution in [0.25, 0.3) is 22.2 Å². The number of nitrogens with one attached hydrogen (secondary N) is 1. The van der Waals surface area contributed by atoms with Crippen molar-refractivity contribution in [2.75, 3.05) is 11.1 Å². The minimum absolute atomic E-state index is 0.0892. The Bertz CT molecular complexity index is 1370. The van der Waals surface area contributed by atoms with Crippen LogP contribution in [0.3, 0.4) is 0 Å². The first-order valence-electron chi connectivity index (χ1n) is 10.9. The fourth-order valence-electron chi connectivity index (χ4n) is 4.03. The molecule has 0 spiro atoms. The summed E-state index contributed by atoms with van der Waals surface area (Å²) < 4.78 is 3.52. The lowest BCUT2D eigenvalue weighted by molar-refractivity contribution is -0.113. The van der Waals surface area contributed by atoms with Gasteiger partial charge >= 0.3 is 0 Å². The molecule has 2 aromatic carbocycles. The normalized spacial score (nSPS) is 11.3. The van der Waals surface area contributed by atoms with Crippen molar-refractivity contribution >= 4 is 34.4 Å². The molecule has 170 valence electrons. The summed E-state index contributed by atoms with van der Waals surface area (Å²) in [5, 5.41) is 3.56. The van der Waals surface area contributed by atoms with Gasteiger partial charge in [0.25, 0.3) is 5.56 Å². The predicted octanol–water partition coefficient (Wildman–Crippen LogP) is 5.33. The van der Waals surface area contributed by atoms with E-state index in [1.54, 1.807) is 4.57 Å². The van der Waals surface area contributed by atoms with Gasteiger partial charge in [-0.2, -0.15) is 0 Å². The van der Waals surface area contributed by atoms with E-state index in [0.29, 0.717) is 16.2 Å². The van der Waals surface area contributed by atoms with Crippen LogP contribution in [-0.4, -0.2) is 25.8 Å². The first-order chi connectivity index (χ1) is 15.8. The molecule has 4 aromatic rings. The maximum absolute atomic E-state index is 13.5. The van der Waals surface area contributed by atoms with Crippen molar-refractivity contribution in [2.45, 2.75) is 38.9 Å². The molecule has 2 aromatic heterocycles. The number of carbonyl (C=O) groups is 1. The van der Waals surface area contributed by atoms with Crippen molar-refractivity contribution in [3.63, 3.8) is 0 Å². The molecule has 0 aliphatic rings. The van der Waals surface area contributed by atoms with Crippen LogP contribution < -0.4 is 10.9 Å². The van der Waals surface area contributed by atoms with Gasteiger partial charge in [0.1, 0.15) is 11.0 Å². The Kier molecular flexibility index (Phi) is 6.42. The van der Waals surface area contributed by atoms with Gasteiger partial charge in [-0.3, -0.25) is 14.2 Å². The summed E-state index contributed by atoms with van der Waals surface area (Å²) >= 11 is 1.29. The van der Waals surface area contributed by atoms with Crippen molar-refractivity contribution in [1.29, 1.82) is 0 Å². The molecule has 0 saturated heterocycles. The van der Waals surface area contributed by atoms with E-state index < -0.39 is 0 Å². The van der Waals surface area contributed by atoms with E-state index in [9.17, 15) is 9.59 Å². The third-order valence-electron chi connectivity index (χ3n) is 5.67. The number of rotatable bonds is 6. The maximum atomic E-state index is 13.5. The van der Waals surface area contributed by atoms with Crippen LogP contribution in [0.2, 0.25) is 0 Å². The second-order valence-electron chi connectivity index (χ2n) is 8.48. The van der Waals surface area contributed by atoms with E-state index in [2.05, 4.69) is 5.32 Å². The number of hydrogen-bond donors (Lipinski definition) is 1. The Labute approximate surface area is 197 Å². The van der Waals surface area contributed by atoms with E-state index in [-0.39, 0.29) is 23.3 Å². The molecule has 0 saturated carbocycles. The van der Waals surface area contributed by atoms with Gasteiger partial charge in [-0.15, -0.1) is 0 Å². The van der Waals surface area contributed by atoms with Crippen molar-refractivity contribution in [1.82, 2.24) is 14.1 Å². The Hall–Kier alpha value is -3.32. The molecule has 0 unspecified atom stereocenters. The lowest BCUT2D eigenvalue weighted by Gasteiger charge is -2.16. The first-order valence-corrected chi connectivity index (χ1v) is 11.9. The van der Waals surface area contributed by atoms with Crippen LogP contribution >= 0.6 is 11.8 Å². The highest BCUT2D eigenvalue weighted by atomic mass is 32.2. The molecule has 1 N–H and O–H groups in total. The van der Waals surface area contributed by atoms with Crippen LogP contribution in [0, 0.1) is 13.8 Å². The predicted molar refractivity (Wildman–Crippen MR) is 136 cm³/mol. The molecule has 0 radical (unpaired) electrons. The van der Waals surface area contributed by atoms with Gasteiger partial charge in [-0.25, -0.2) is 4.98 Å². The standard InChI is InChI=1S/C26H28N4O2S/c1-16(2)30-25(32)24-23(20(14-29(24)5)19-12-7-6-8-13-19)28-26(30)33-15-21(31)27-22-17(3)10-9-11-18(22)4/h6-14,16H,15H2,1-5H3,(H,27,31). The number of hydrogen-bond acceptors (Lipinski definition) is 4. The summed E-state index contributed by atoms with van der Waals surface area (Å²) in [6.45, 7) is 7.86. The minimum atomic E-state index is -0.126. The molecule has 2 heterocycles. The summed E-state index contributed by atoms with van der Waals surface area (Å²) in [4.78, 5) is 31.1. The molecular weight excluding hydrogens is 432 g/mol. The fourth-order valence-corrected chi connectivity index (χ4v) is 4.95. The second kappa shape index (κ2) is 9.27. The van der Waals surface area contributed by atoms with Crippen molar-refractivity contribution in [3.05, 3.63) is 76.2 Å². The third-order valence-corrected chi connectivity index (χ3v) is 6.62. The summed E-state index contributed by atoms with van der Waals surface area (Å²) in [7, 11) is 1.87. The molecular formula is C26H28N4O2S. The lowest BCUT2D eigenvalue weighted by Crippen LogP contribution is -2.26. The Morgan fingerprint density at radius 2 is 1.73 bits per heavy atom. The quantitative estimate of drug-likeness (QED) is 0.312. The number of aromatic nitrogens is 3. The SMILES string of the molecule is Cc1cccc(C)c1NC(=O)CSc1nc2c(-c3ccccc3)cn(C)c2c(=O)n1C(C)C. The fraction of sp³-hybridized carbons (Fsp3) is 0.269. The number of fused-ring (bicyclic) bond motifs is 1. The number of thioether (sulfide) groups is 1. The van der Waals surface area contributed by atoms with Gasteiger partial charge < -0.3 is 9.88 Å². The lowest BCUT2D eigenvalue weighted by atomic mass is 10.1. The summed E-state index contributed by atoms with van der Waals surface area (Å²) in [6.07, 6.45) is 1.95. The van der Waals surface area contributed by atoms with Crippen molar-refractivity contribution in [3.8, 4) is 11.1 Å². The second-order valence-corrected chi connectivity index (χ2v) is 9.43. The summed E-state index contributed by atoms with van der Waals surface area (Å²) in [6, 6.07) is 15.8. The minimum Gasteiger partial charge on any atom is -0.344 e. The largest absolute Gasteiger partial charge is 0.344 e. The molecule has 4 rings (SSSR count). The number of nitrogens with zero attached hydrogens (tertiary/aromatic N) is 3. The molecule has 6 nitrogen and oxygen atoms in total. The van der Waals surface area contributed by atoms with Gasteiger partial charge in [0.15, 0.2) is 5.16 Å². The number of amides is 1. The zero-order valence-corrected chi connectivity index (χ0v) is 20.4. The van der Waals surface area contributed by atoms with Crippen LogP contribution in [0.4, 0.5) is 5.69 Å². The zero-order valence-electron chi connectivity index (χ0n) is 19.5. The summed E-state index contributed by atoms with van der Waals surface area (Å²) in [5.41, 5.74) is 5.89. The molecule has 0 atom stereocenters. The average Bonchev–Trinajstić information content (AvgIpc) is 3.12. The monoisotopic (exact) mass is 460 g/mol. The van der Waals surface area contributed by atoms with E-state index in [4.69, 9.17) is 4.98 Å². The smallest absolute Gasteiger partial charge is 0.278 e. The van der Waals surface area contributed by atoms with Crippen LogP contribution in [0.15, 0.2) is 64.7 Å². The summed E-state index contributed by atoms with van der Waals surface area (Å²) in [5.74, 6) is 0.0322. The number of anilines is 1. The van der Waals surface area contributed by atoms with E-state index in [1.165, 1.54) is 11.8 Å². The van der Waals surface area contributed by atoms with Crippen LogP contribution in [0.1, 0.15) is 31.0 Å². The Balaban J connectivity index is 1.71. The van der Waals surface area contributed by atoms with Gasteiger partial charge in [0, 0.05) is 30.5 Å². The Morgan fingerprint density at radius 1 is 1.06 bits per heavy atom. The first kappa shape index (κ1) is 22.9. The highest BCUT2D eigenvalue weighted by Gasteiger charge is 2.21. The number of carbonyl (C=O) groups excluding carboxylic acids is 1. The van der Waals surface area contributed by atoms with E-state index in [1.807, 2.05) is 94.0 Å². The molecule has 33 heavy (non-hydrogen) atoms. The molecule has 1 amide bonds. The van der Waals surface area contributed by atoms with E-state index in [0.717, 1.165) is 27.9 Å². The topological polar surface area (TPSA) is 68.9 Å². The molecule has 0 fully saturated rings. The highest BCUT2D eigenvalue weighted by molar-refractivity contribution is 7.99. The van der Waals surface area contributed by atoms with Crippen LogP contribution in [-0.2, 0) is 11.8 Å². The van der Waals surface area contributed by atoms with Gasteiger partial charge in [-0.1, -0.05) is 60.3 Å². The zero-order chi connectivity index (χ0) is 23.7. The number of para-hydroxylation sites is 1. The van der Waals surface area contributed by atoms with E-state index >= 15 is 0 Å². The number of benzene rings is 2.